The van der Waals surface area contributed by atoms with Crippen LogP contribution in [0.25, 0.3) is 22.0 Å². The Hall–Kier alpha value is -3.14. The molecule has 5 rings (SSSR count). The van der Waals surface area contributed by atoms with E-state index >= 15 is 0 Å². The number of hydrogen-bond donors (Lipinski definition) is 2. The van der Waals surface area contributed by atoms with Crippen molar-refractivity contribution in [2.45, 2.75) is 0 Å². The average molecular weight is 721 g/mol. The summed E-state index contributed by atoms with van der Waals surface area (Å²) >= 11 is 26.0. The zero-order valence-electron chi connectivity index (χ0n) is 20.1. The average Bonchev–Trinajstić information content (AvgIpc) is 3.30. The Morgan fingerprint density at radius 1 is 0.875 bits per heavy atom. The first-order valence-corrected chi connectivity index (χ1v) is 14.3. The minimum absolute atomic E-state index is 0.195. The number of esters is 1. The molecule has 1 aromatic heterocycles. The summed E-state index contributed by atoms with van der Waals surface area (Å²) in [5.74, 6) is -0.817. The number of amides is 1. The minimum Gasteiger partial charge on any atom is -0.422 e. The van der Waals surface area contributed by atoms with Gasteiger partial charge in [0.25, 0.3) is 5.91 Å². The van der Waals surface area contributed by atoms with Crippen molar-refractivity contribution in [3.8, 4) is 16.9 Å². The van der Waals surface area contributed by atoms with Crippen molar-refractivity contribution in [1.29, 1.82) is 0 Å². The molecule has 0 bridgehead atoms. The maximum absolute atomic E-state index is 13.4. The smallest absolute Gasteiger partial charge is 0.343 e. The number of carbonyl (C=O) groups excluding carboxylic acids is 2. The highest BCUT2D eigenvalue weighted by Gasteiger charge is 2.22. The molecule has 0 aliphatic rings. The molecule has 0 aliphatic heterocycles. The molecule has 0 spiro atoms. The second kappa shape index (κ2) is 12.2. The number of hydrazone groups is 1. The van der Waals surface area contributed by atoms with Gasteiger partial charge in [-0.1, -0.05) is 84.9 Å². The van der Waals surface area contributed by atoms with E-state index < -0.39 is 11.9 Å². The second-order valence-corrected chi connectivity index (χ2v) is 11.5. The third-order valence-corrected chi connectivity index (χ3v) is 7.69. The third-order valence-electron chi connectivity index (χ3n) is 5.82. The lowest BCUT2D eigenvalue weighted by molar-refractivity contribution is 0.0734. The van der Waals surface area contributed by atoms with Crippen LogP contribution in [-0.4, -0.2) is 23.1 Å². The molecule has 0 unspecified atom stereocenters. The van der Waals surface area contributed by atoms with Gasteiger partial charge in [-0.3, -0.25) is 4.79 Å². The van der Waals surface area contributed by atoms with Crippen LogP contribution >= 0.6 is 66.7 Å². The summed E-state index contributed by atoms with van der Waals surface area (Å²) in [6.07, 6.45) is 1.38. The number of ether oxygens (including phenoxy) is 1. The van der Waals surface area contributed by atoms with E-state index in [0.29, 0.717) is 48.2 Å². The number of aromatic nitrogens is 1. The Morgan fingerprint density at radius 3 is 2.35 bits per heavy atom. The highest BCUT2D eigenvalue weighted by molar-refractivity contribution is 9.10. The van der Waals surface area contributed by atoms with Crippen LogP contribution in [0.4, 0.5) is 0 Å². The van der Waals surface area contributed by atoms with Crippen molar-refractivity contribution in [3.63, 3.8) is 0 Å². The second-order valence-electron chi connectivity index (χ2n) is 8.44. The van der Waals surface area contributed by atoms with Crippen molar-refractivity contribution < 1.29 is 14.3 Å². The molecule has 11 heteroatoms. The van der Waals surface area contributed by atoms with Crippen molar-refractivity contribution in [2.24, 2.45) is 5.10 Å². The fourth-order valence-corrected chi connectivity index (χ4v) is 5.42. The lowest BCUT2D eigenvalue weighted by Gasteiger charge is -2.09. The van der Waals surface area contributed by atoms with Gasteiger partial charge < -0.3 is 9.72 Å². The summed E-state index contributed by atoms with van der Waals surface area (Å²) in [5, 5.41) is 5.97. The van der Waals surface area contributed by atoms with Crippen molar-refractivity contribution in [3.05, 3.63) is 120 Å². The molecule has 200 valence electrons. The quantitative estimate of drug-likeness (QED) is 0.0794. The van der Waals surface area contributed by atoms with Crippen LogP contribution in [0.2, 0.25) is 15.1 Å². The Labute approximate surface area is 260 Å². The molecule has 6 nitrogen and oxygen atoms in total. The van der Waals surface area contributed by atoms with Crippen LogP contribution in [0.1, 0.15) is 26.4 Å². The molecule has 0 atom stereocenters. The molecule has 0 fully saturated rings. The van der Waals surface area contributed by atoms with E-state index in [2.05, 4.69) is 47.4 Å². The van der Waals surface area contributed by atoms with Gasteiger partial charge in [-0.25, -0.2) is 10.2 Å². The van der Waals surface area contributed by atoms with E-state index in [1.165, 1.54) is 6.21 Å². The van der Waals surface area contributed by atoms with Gasteiger partial charge in [0.2, 0.25) is 0 Å². The SMILES string of the molecule is O=C(Oc1ccc(Br)cc1C=NNC(=O)c1[nH]c2c(Cl)cc(Cl)cc2c1-c1ccccc1Cl)c1ccc(Br)cc1. The number of nitrogens with zero attached hydrogens (tertiary/aromatic N) is 1. The summed E-state index contributed by atoms with van der Waals surface area (Å²) in [6, 6.07) is 22.3. The minimum atomic E-state index is -0.544. The molecule has 5 aromatic rings. The number of carbonyl (C=O) groups is 2. The highest BCUT2D eigenvalue weighted by Crippen LogP contribution is 2.40. The van der Waals surface area contributed by atoms with Crippen LogP contribution in [0.5, 0.6) is 5.75 Å². The van der Waals surface area contributed by atoms with Gasteiger partial charge in [-0.2, -0.15) is 5.10 Å². The van der Waals surface area contributed by atoms with Gasteiger partial charge >= 0.3 is 5.97 Å². The summed E-state index contributed by atoms with van der Waals surface area (Å²) in [7, 11) is 0. The van der Waals surface area contributed by atoms with Crippen LogP contribution < -0.4 is 10.2 Å². The van der Waals surface area contributed by atoms with Gasteiger partial charge in [-0.15, -0.1) is 0 Å². The largest absolute Gasteiger partial charge is 0.422 e. The third kappa shape index (κ3) is 6.11. The fraction of sp³-hybridized carbons (Fsp3) is 0. The normalized spacial score (nSPS) is 11.2. The maximum Gasteiger partial charge on any atom is 0.343 e. The van der Waals surface area contributed by atoms with Crippen molar-refractivity contribution >= 4 is 95.7 Å². The fourth-order valence-electron chi connectivity index (χ4n) is 4.01. The number of halogens is 5. The molecular formula is C29H16Br2Cl3N3O3. The van der Waals surface area contributed by atoms with Crippen molar-refractivity contribution in [1.82, 2.24) is 10.4 Å². The summed E-state index contributed by atoms with van der Waals surface area (Å²) in [4.78, 5) is 29.1. The molecule has 0 aliphatic carbocycles. The van der Waals surface area contributed by atoms with Crippen LogP contribution in [0.15, 0.2) is 92.9 Å². The first-order chi connectivity index (χ1) is 19.2. The Morgan fingerprint density at radius 2 is 1.60 bits per heavy atom. The number of H-pyrrole nitrogens is 1. The predicted molar refractivity (Wildman–Crippen MR) is 167 cm³/mol. The number of benzene rings is 4. The molecule has 0 saturated carbocycles. The highest BCUT2D eigenvalue weighted by atomic mass is 79.9. The van der Waals surface area contributed by atoms with E-state index in [0.717, 1.165) is 8.95 Å². The molecule has 1 heterocycles. The molecule has 0 radical (unpaired) electrons. The molecule has 2 N–H and O–H groups in total. The monoisotopic (exact) mass is 717 g/mol. The topological polar surface area (TPSA) is 83.5 Å². The first-order valence-electron chi connectivity index (χ1n) is 11.6. The van der Waals surface area contributed by atoms with E-state index in [4.69, 9.17) is 39.5 Å². The molecule has 1 amide bonds. The zero-order chi connectivity index (χ0) is 28.4. The van der Waals surface area contributed by atoms with Crippen LogP contribution in [0.3, 0.4) is 0 Å². The Bertz CT molecular complexity index is 1800. The first kappa shape index (κ1) is 28.4. The number of fused-ring (bicyclic) bond motifs is 1. The summed E-state index contributed by atoms with van der Waals surface area (Å²) in [5.41, 5.74) is 5.25. The van der Waals surface area contributed by atoms with Gasteiger partial charge in [0, 0.05) is 41.1 Å². The van der Waals surface area contributed by atoms with E-state index in [-0.39, 0.29) is 11.4 Å². The molecule has 40 heavy (non-hydrogen) atoms. The van der Waals surface area contributed by atoms with Crippen molar-refractivity contribution in [2.75, 3.05) is 0 Å². The number of hydrogen-bond acceptors (Lipinski definition) is 4. The van der Waals surface area contributed by atoms with Gasteiger partial charge in [0.05, 0.1) is 22.3 Å². The molecule has 0 saturated heterocycles. The van der Waals surface area contributed by atoms with E-state index in [9.17, 15) is 9.59 Å². The van der Waals surface area contributed by atoms with E-state index in [1.807, 2.05) is 6.07 Å². The van der Waals surface area contributed by atoms with Gasteiger partial charge in [-0.05, 0) is 60.7 Å². The predicted octanol–water partition coefficient (Wildman–Crippen LogP) is 9.30. The van der Waals surface area contributed by atoms with E-state index in [1.54, 1.807) is 72.8 Å². The standard InChI is InChI=1S/C29H16Br2Cl3N3O3/c30-17-7-5-15(6-8-17)29(39)40-24-10-9-18(31)11-16(24)14-35-37-28(38)27-25(20-3-1-2-4-22(20)33)21-12-19(32)13-23(34)26(21)36-27/h1-14,36H,(H,37,38). The van der Waals surface area contributed by atoms with Gasteiger partial charge in [0.1, 0.15) is 11.4 Å². The Kier molecular flexibility index (Phi) is 8.63. The van der Waals surface area contributed by atoms with Crippen LogP contribution in [-0.2, 0) is 0 Å². The maximum atomic E-state index is 13.4. The summed E-state index contributed by atoms with van der Waals surface area (Å²) < 4.78 is 7.17. The number of rotatable bonds is 6. The lowest BCUT2D eigenvalue weighted by atomic mass is 10.0. The number of aromatic amines is 1. The lowest BCUT2D eigenvalue weighted by Crippen LogP contribution is -2.19. The molecular weight excluding hydrogens is 705 g/mol. The zero-order valence-corrected chi connectivity index (χ0v) is 25.6. The van der Waals surface area contributed by atoms with Gasteiger partial charge in [0.15, 0.2) is 0 Å². The molecule has 4 aromatic carbocycles. The Balaban J connectivity index is 1.45. The summed E-state index contributed by atoms with van der Waals surface area (Å²) in [6.45, 7) is 0. The van der Waals surface area contributed by atoms with Crippen LogP contribution in [0, 0.1) is 0 Å². The number of nitrogens with one attached hydrogen (secondary N) is 2.